The van der Waals surface area contributed by atoms with Crippen LogP contribution in [0.15, 0.2) is 48.5 Å². The van der Waals surface area contributed by atoms with Crippen molar-refractivity contribution in [3.05, 3.63) is 71.3 Å². The third kappa shape index (κ3) is 4.60. The van der Waals surface area contributed by atoms with Crippen molar-refractivity contribution in [2.45, 2.75) is 13.8 Å². The van der Waals surface area contributed by atoms with E-state index in [1.54, 1.807) is 0 Å². The van der Waals surface area contributed by atoms with Crippen molar-refractivity contribution in [2.24, 2.45) is 0 Å². The SMILES string of the molecule is CN1C[N+](C)=Cc2ccccc21.Cc1nc(C)nc([N+]2=Cc3ccccc3N(C)C2)n1. The molecule has 1 aromatic heterocycles. The Balaban J connectivity index is 0.000000166. The first-order chi connectivity index (χ1) is 14.9. The summed E-state index contributed by atoms with van der Waals surface area (Å²) in [5.74, 6) is 2.20. The number of hydrogen-bond acceptors (Lipinski definition) is 5. The highest BCUT2D eigenvalue weighted by molar-refractivity contribution is 5.87. The van der Waals surface area contributed by atoms with E-state index in [0.29, 0.717) is 5.95 Å². The topological polar surface area (TPSA) is 51.2 Å². The molecule has 0 N–H and O–H groups in total. The summed E-state index contributed by atoms with van der Waals surface area (Å²) in [5, 5.41) is 0. The molecule has 31 heavy (non-hydrogen) atoms. The first-order valence-electron chi connectivity index (χ1n) is 10.4. The summed E-state index contributed by atoms with van der Waals surface area (Å²) in [6, 6.07) is 16.7. The molecule has 0 fully saturated rings. The minimum Gasteiger partial charge on any atom is -0.344 e. The molecule has 0 aliphatic carbocycles. The highest BCUT2D eigenvalue weighted by atomic mass is 15.3. The molecule has 0 saturated carbocycles. The van der Waals surface area contributed by atoms with Gasteiger partial charge in [-0.25, -0.2) is 9.15 Å². The van der Waals surface area contributed by atoms with Crippen molar-refractivity contribution in [2.75, 3.05) is 44.3 Å². The maximum absolute atomic E-state index is 4.41. The van der Waals surface area contributed by atoms with Crippen molar-refractivity contribution in [3.63, 3.8) is 0 Å². The van der Waals surface area contributed by atoms with E-state index in [1.807, 2.05) is 24.5 Å². The summed E-state index contributed by atoms with van der Waals surface area (Å²) in [5.41, 5.74) is 5.01. The van der Waals surface area contributed by atoms with Gasteiger partial charge in [0, 0.05) is 39.2 Å². The van der Waals surface area contributed by atoms with Gasteiger partial charge in [0.2, 0.25) is 18.3 Å². The number of hydrogen-bond donors (Lipinski definition) is 0. The van der Waals surface area contributed by atoms with E-state index in [-0.39, 0.29) is 0 Å². The van der Waals surface area contributed by atoms with Crippen molar-refractivity contribution < 1.29 is 9.15 Å². The van der Waals surface area contributed by atoms with Crippen LogP contribution < -0.4 is 9.80 Å². The Kier molecular flexibility index (Phi) is 5.75. The molecule has 0 saturated heterocycles. The fraction of sp³-hybridized carbons (Fsp3) is 0.292. The highest BCUT2D eigenvalue weighted by Gasteiger charge is 2.22. The fourth-order valence-corrected chi connectivity index (χ4v) is 3.94. The summed E-state index contributed by atoms with van der Waals surface area (Å²) < 4.78 is 4.23. The zero-order valence-electron chi connectivity index (χ0n) is 18.8. The Morgan fingerprint density at radius 2 is 1.23 bits per heavy atom. The molecule has 0 bridgehead atoms. The molecule has 7 heteroatoms. The molecule has 7 nitrogen and oxygen atoms in total. The van der Waals surface area contributed by atoms with Crippen LogP contribution in [-0.2, 0) is 0 Å². The average molecular weight is 416 g/mol. The van der Waals surface area contributed by atoms with Crippen LogP contribution in [0.25, 0.3) is 0 Å². The lowest BCUT2D eigenvalue weighted by atomic mass is 10.1. The molecule has 3 heterocycles. The average Bonchev–Trinajstić information content (AvgIpc) is 2.73. The molecule has 0 spiro atoms. The number of para-hydroxylation sites is 2. The summed E-state index contributed by atoms with van der Waals surface area (Å²) in [4.78, 5) is 17.5. The van der Waals surface area contributed by atoms with Crippen LogP contribution in [-0.4, -0.2) is 71.0 Å². The van der Waals surface area contributed by atoms with E-state index in [0.717, 1.165) is 25.0 Å². The molecule has 0 radical (unpaired) electrons. The number of nitrogens with zero attached hydrogens (tertiary/aromatic N) is 7. The standard InChI is InChI=1S/C14H16N5.C10H13N2/c1-10-15-11(2)17-14(16-10)19-8-12-6-4-5-7-13(12)18(3)9-19;1-11-7-9-5-3-4-6-10(9)12(2)8-11/h4-8H,9H2,1-3H3;3-7H,8H2,1-2H3/q2*+1. The monoisotopic (exact) mass is 415 g/mol. The van der Waals surface area contributed by atoms with Gasteiger partial charge in [0.15, 0.2) is 6.21 Å². The first kappa shape index (κ1) is 20.7. The maximum atomic E-state index is 4.41. The zero-order chi connectivity index (χ0) is 22.0. The smallest absolute Gasteiger partial charge is 0.344 e. The van der Waals surface area contributed by atoms with Crippen LogP contribution in [0.1, 0.15) is 22.8 Å². The summed E-state index contributed by atoms with van der Waals surface area (Å²) in [6.45, 7) is 5.48. The Hall–Kier alpha value is -3.61. The second kappa shape index (κ2) is 8.63. The van der Waals surface area contributed by atoms with Gasteiger partial charge in [0.25, 0.3) is 0 Å². The molecule has 2 aliphatic heterocycles. The number of fused-ring (bicyclic) bond motifs is 2. The second-order valence-corrected chi connectivity index (χ2v) is 8.01. The van der Waals surface area contributed by atoms with Crippen LogP contribution in [0.3, 0.4) is 0 Å². The molecule has 158 valence electrons. The molecule has 2 aliphatic rings. The molecular weight excluding hydrogens is 386 g/mol. The Morgan fingerprint density at radius 1 is 0.710 bits per heavy atom. The minimum absolute atomic E-state index is 0.700. The first-order valence-corrected chi connectivity index (χ1v) is 10.4. The Morgan fingerprint density at radius 3 is 1.84 bits per heavy atom. The predicted molar refractivity (Wildman–Crippen MR) is 125 cm³/mol. The molecular formula is C24H29N7+2. The second-order valence-electron chi connectivity index (χ2n) is 8.01. The lowest BCUT2D eigenvalue weighted by Crippen LogP contribution is -2.33. The van der Waals surface area contributed by atoms with Gasteiger partial charge in [-0.2, -0.15) is 4.98 Å². The van der Waals surface area contributed by atoms with Crippen LogP contribution >= 0.6 is 0 Å². The summed E-state index contributed by atoms with van der Waals surface area (Å²) in [7, 11) is 6.27. The van der Waals surface area contributed by atoms with E-state index in [4.69, 9.17) is 0 Å². The van der Waals surface area contributed by atoms with Crippen LogP contribution in [0.5, 0.6) is 0 Å². The third-order valence-electron chi connectivity index (χ3n) is 5.25. The van der Waals surface area contributed by atoms with E-state index >= 15 is 0 Å². The highest BCUT2D eigenvalue weighted by Crippen LogP contribution is 2.22. The van der Waals surface area contributed by atoms with Crippen molar-refractivity contribution in [1.82, 2.24) is 15.0 Å². The maximum Gasteiger partial charge on any atom is 0.437 e. The lowest BCUT2D eigenvalue weighted by Gasteiger charge is -2.25. The van der Waals surface area contributed by atoms with Gasteiger partial charge in [-0.15, -0.1) is 0 Å². The number of benzene rings is 2. The van der Waals surface area contributed by atoms with Crippen LogP contribution in [0, 0.1) is 13.8 Å². The van der Waals surface area contributed by atoms with Gasteiger partial charge in [0.1, 0.15) is 13.7 Å². The van der Waals surface area contributed by atoms with Gasteiger partial charge >= 0.3 is 5.95 Å². The van der Waals surface area contributed by atoms with Crippen molar-refractivity contribution in [3.8, 4) is 0 Å². The zero-order valence-corrected chi connectivity index (χ0v) is 18.8. The van der Waals surface area contributed by atoms with Gasteiger partial charge in [-0.05, 0) is 18.2 Å². The van der Waals surface area contributed by atoms with Gasteiger partial charge < -0.3 is 9.80 Å². The fourth-order valence-electron chi connectivity index (χ4n) is 3.94. The summed E-state index contributed by atoms with van der Waals surface area (Å²) in [6.07, 6.45) is 4.26. The number of anilines is 2. The van der Waals surface area contributed by atoms with E-state index in [1.165, 1.54) is 22.5 Å². The largest absolute Gasteiger partial charge is 0.437 e. The Bertz CT molecular complexity index is 1150. The van der Waals surface area contributed by atoms with Gasteiger partial charge in [0.05, 0.1) is 17.5 Å². The quantitative estimate of drug-likeness (QED) is 0.572. The summed E-state index contributed by atoms with van der Waals surface area (Å²) >= 11 is 0. The molecule has 0 atom stereocenters. The van der Waals surface area contributed by atoms with Crippen molar-refractivity contribution in [1.29, 1.82) is 0 Å². The molecule has 5 rings (SSSR count). The van der Waals surface area contributed by atoms with Gasteiger partial charge in [-0.3, -0.25) is 0 Å². The van der Waals surface area contributed by atoms with Gasteiger partial charge in [-0.1, -0.05) is 40.3 Å². The van der Waals surface area contributed by atoms with Crippen molar-refractivity contribution >= 4 is 29.8 Å². The number of aryl methyl sites for hydroxylation is 2. The number of aromatic nitrogens is 3. The third-order valence-corrected chi connectivity index (χ3v) is 5.25. The molecule has 3 aromatic rings. The normalized spacial score (nSPS) is 14.6. The van der Waals surface area contributed by atoms with Crippen LogP contribution in [0.2, 0.25) is 0 Å². The lowest BCUT2D eigenvalue weighted by molar-refractivity contribution is -0.492. The molecule has 0 amide bonds. The molecule has 0 unspecified atom stereocenters. The van der Waals surface area contributed by atoms with E-state index < -0.39 is 0 Å². The molecule has 2 aromatic carbocycles. The van der Waals surface area contributed by atoms with E-state index in [2.05, 4.69) is 105 Å². The predicted octanol–water partition coefficient (Wildman–Crippen LogP) is 2.81. The number of rotatable bonds is 1. The van der Waals surface area contributed by atoms with E-state index in [9.17, 15) is 0 Å². The Labute approximate surface area is 183 Å². The minimum atomic E-state index is 0.700. The van der Waals surface area contributed by atoms with Crippen LogP contribution in [0.4, 0.5) is 17.3 Å².